The van der Waals surface area contributed by atoms with Crippen molar-refractivity contribution in [2.75, 3.05) is 32.7 Å². The summed E-state index contributed by atoms with van der Waals surface area (Å²) in [5.41, 5.74) is 0. The summed E-state index contributed by atoms with van der Waals surface area (Å²) in [4.78, 5) is 21.3. The summed E-state index contributed by atoms with van der Waals surface area (Å²) in [7, 11) is 0. The summed E-state index contributed by atoms with van der Waals surface area (Å²) >= 11 is 0. The van der Waals surface area contributed by atoms with Gasteiger partial charge < -0.3 is 19.7 Å². The molecule has 6 heteroatoms. The maximum atomic E-state index is 12.6. The molecule has 0 unspecified atom stereocenters. The van der Waals surface area contributed by atoms with Crippen LogP contribution < -0.4 is 5.32 Å². The second-order valence-corrected chi connectivity index (χ2v) is 7.78. The van der Waals surface area contributed by atoms with Gasteiger partial charge in [-0.3, -0.25) is 0 Å². The lowest BCUT2D eigenvalue weighted by atomic mass is 9.97. The van der Waals surface area contributed by atoms with Crippen LogP contribution in [0, 0.1) is 5.92 Å². The average molecular weight is 348 g/mol. The minimum absolute atomic E-state index is 0.0909. The molecular weight excluding hydrogens is 314 g/mol. The molecule has 1 aromatic heterocycles. The molecule has 3 heterocycles. The Balaban J connectivity index is 1.44. The van der Waals surface area contributed by atoms with Crippen LogP contribution in [0.5, 0.6) is 0 Å². The SMILES string of the molecule is C[C@H](Cn1ccnc1)NC(=O)N1CCC[C@@H](CN2CCCCCC2)C1. The smallest absolute Gasteiger partial charge is 0.317 e. The Hall–Kier alpha value is -1.56. The molecule has 3 rings (SSSR count). The molecule has 0 aromatic carbocycles. The Morgan fingerprint density at radius 2 is 2.00 bits per heavy atom. The number of rotatable bonds is 5. The normalized spacial score (nSPS) is 23.9. The van der Waals surface area contributed by atoms with Crippen LogP contribution in [-0.4, -0.2) is 64.1 Å². The zero-order chi connectivity index (χ0) is 17.5. The molecule has 2 fully saturated rings. The third kappa shape index (κ3) is 5.73. The van der Waals surface area contributed by atoms with Crippen molar-refractivity contribution in [1.82, 2.24) is 24.7 Å². The summed E-state index contributed by atoms with van der Waals surface area (Å²) < 4.78 is 2.00. The Morgan fingerprint density at radius 1 is 1.20 bits per heavy atom. The van der Waals surface area contributed by atoms with Crippen LogP contribution in [0.15, 0.2) is 18.7 Å². The maximum absolute atomic E-state index is 12.6. The molecule has 0 bridgehead atoms. The molecule has 0 saturated carbocycles. The molecule has 25 heavy (non-hydrogen) atoms. The third-order valence-electron chi connectivity index (χ3n) is 5.44. The molecule has 0 aliphatic carbocycles. The summed E-state index contributed by atoms with van der Waals surface area (Å²) in [6.45, 7) is 8.25. The van der Waals surface area contributed by atoms with Crippen LogP contribution >= 0.6 is 0 Å². The summed E-state index contributed by atoms with van der Waals surface area (Å²) in [6, 6.07) is 0.195. The zero-order valence-electron chi connectivity index (χ0n) is 15.6. The van der Waals surface area contributed by atoms with Gasteiger partial charge in [-0.1, -0.05) is 12.8 Å². The number of aromatic nitrogens is 2. The van der Waals surface area contributed by atoms with Crippen molar-refractivity contribution in [3.05, 3.63) is 18.7 Å². The van der Waals surface area contributed by atoms with E-state index >= 15 is 0 Å². The molecule has 2 amide bonds. The van der Waals surface area contributed by atoms with E-state index in [-0.39, 0.29) is 12.1 Å². The Labute approximate surface area is 151 Å². The van der Waals surface area contributed by atoms with Gasteiger partial charge in [0.25, 0.3) is 0 Å². The van der Waals surface area contributed by atoms with Crippen molar-refractivity contribution >= 4 is 6.03 Å². The van der Waals surface area contributed by atoms with Crippen molar-refractivity contribution in [1.29, 1.82) is 0 Å². The van der Waals surface area contributed by atoms with Gasteiger partial charge in [0.1, 0.15) is 0 Å². The highest BCUT2D eigenvalue weighted by Crippen LogP contribution is 2.20. The van der Waals surface area contributed by atoms with Gasteiger partial charge in [0, 0.05) is 44.6 Å². The first kappa shape index (κ1) is 18.2. The molecule has 0 radical (unpaired) electrons. The lowest BCUT2D eigenvalue weighted by Gasteiger charge is -2.36. The van der Waals surface area contributed by atoms with Crippen LogP contribution in [0.25, 0.3) is 0 Å². The quantitative estimate of drug-likeness (QED) is 0.891. The molecule has 2 aliphatic rings. The minimum Gasteiger partial charge on any atom is -0.335 e. The largest absolute Gasteiger partial charge is 0.335 e. The van der Waals surface area contributed by atoms with Gasteiger partial charge in [0.15, 0.2) is 0 Å². The van der Waals surface area contributed by atoms with Gasteiger partial charge in [0.05, 0.1) is 6.33 Å². The molecule has 2 saturated heterocycles. The molecule has 6 nitrogen and oxygen atoms in total. The molecule has 2 atom stereocenters. The Kier molecular flexibility index (Phi) is 6.73. The van der Waals surface area contributed by atoms with Gasteiger partial charge in [-0.25, -0.2) is 9.78 Å². The maximum Gasteiger partial charge on any atom is 0.317 e. The van der Waals surface area contributed by atoms with Crippen molar-refractivity contribution in [2.24, 2.45) is 5.92 Å². The van der Waals surface area contributed by atoms with Gasteiger partial charge in [0.2, 0.25) is 0 Å². The van der Waals surface area contributed by atoms with E-state index in [1.807, 2.05) is 15.7 Å². The van der Waals surface area contributed by atoms with Gasteiger partial charge in [-0.2, -0.15) is 0 Å². The van der Waals surface area contributed by atoms with Gasteiger partial charge >= 0.3 is 6.03 Å². The standard InChI is InChI=1S/C19H33N5O/c1-17(13-23-12-8-20-16-23)21-19(25)24-11-6-7-18(15-24)14-22-9-4-2-3-5-10-22/h8,12,16-18H,2-7,9-11,13-15H2,1H3,(H,21,25)/t17-,18+/m1/s1. The molecule has 0 spiro atoms. The number of hydrogen-bond donors (Lipinski definition) is 1. The molecule has 2 aliphatic heterocycles. The van der Waals surface area contributed by atoms with Gasteiger partial charge in [-0.05, 0) is 51.6 Å². The number of imidazole rings is 1. The van der Waals surface area contributed by atoms with Crippen LogP contribution in [0.2, 0.25) is 0 Å². The Morgan fingerprint density at radius 3 is 2.72 bits per heavy atom. The van der Waals surface area contributed by atoms with E-state index in [2.05, 4.69) is 22.1 Å². The molecule has 1 aromatic rings. The number of hydrogen-bond acceptors (Lipinski definition) is 3. The number of carbonyl (C=O) groups excluding carboxylic acids is 1. The molecular formula is C19H33N5O. The Bertz CT molecular complexity index is 510. The topological polar surface area (TPSA) is 53.4 Å². The van der Waals surface area contributed by atoms with E-state index in [0.29, 0.717) is 5.92 Å². The van der Waals surface area contributed by atoms with E-state index in [4.69, 9.17) is 0 Å². The first-order chi connectivity index (χ1) is 12.2. The molecule has 1 N–H and O–H groups in total. The predicted octanol–water partition coefficient (Wildman–Crippen LogP) is 2.57. The number of amides is 2. The van der Waals surface area contributed by atoms with E-state index in [1.54, 1.807) is 12.5 Å². The predicted molar refractivity (Wildman–Crippen MR) is 99.4 cm³/mol. The second-order valence-electron chi connectivity index (χ2n) is 7.78. The zero-order valence-corrected chi connectivity index (χ0v) is 15.6. The second kappa shape index (κ2) is 9.22. The fraction of sp³-hybridized carbons (Fsp3) is 0.789. The van der Waals surface area contributed by atoms with Crippen molar-refractivity contribution in [3.8, 4) is 0 Å². The van der Waals surface area contributed by atoms with E-state index in [9.17, 15) is 4.79 Å². The van der Waals surface area contributed by atoms with Crippen LogP contribution in [-0.2, 0) is 6.54 Å². The lowest BCUT2D eigenvalue weighted by Crippen LogP contribution is -2.50. The van der Waals surface area contributed by atoms with Crippen LogP contribution in [0.3, 0.4) is 0 Å². The van der Waals surface area contributed by atoms with Crippen LogP contribution in [0.4, 0.5) is 4.79 Å². The fourth-order valence-electron chi connectivity index (χ4n) is 4.14. The van der Waals surface area contributed by atoms with Gasteiger partial charge in [-0.15, -0.1) is 0 Å². The highest BCUT2D eigenvalue weighted by Gasteiger charge is 2.26. The highest BCUT2D eigenvalue weighted by atomic mass is 16.2. The van der Waals surface area contributed by atoms with Crippen LogP contribution in [0.1, 0.15) is 45.4 Å². The summed E-state index contributed by atoms with van der Waals surface area (Å²) in [6.07, 6.45) is 13.3. The monoisotopic (exact) mass is 347 g/mol. The highest BCUT2D eigenvalue weighted by molar-refractivity contribution is 5.74. The third-order valence-corrected chi connectivity index (χ3v) is 5.44. The number of nitrogens with zero attached hydrogens (tertiary/aromatic N) is 4. The van der Waals surface area contributed by atoms with E-state index in [0.717, 1.165) is 32.6 Å². The lowest BCUT2D eigenvalue weighted by molar-refractivity contribution is 0.138. The number of nitrogens with one attached hydrogen (secondary N) is 1. The molecule has 140 valence electrons. The van der Waals surface area contributed by atoms with Crippen molar-refractivity contribution < 1.29 is 4.79 Å². The number of likely N-dealkylation sites (tertiary alicyclic amines) is 2. The van der Waals surface area contributed by atoms with Crippen molar-refractivity contribution in [2.45, 2.75) is 58.0 Å². The average Bonchev–Trinajstić information content (AvgIpc) is 2.97. The van der Waals surface area contributed by atoms with E-state index in [1.165, 1.54) is 45.2 Å². The first-order valence-electron chi connectivity index (χ1n) is 9.94. The van der Waals surface area contributed by atoms with Crippen molar-refractivity contribution in [3.63, 3.8) is 0 Å². The summed E-state index contributed by atoms with van der Waals surface area (Å²) in [5, 5.41) is 3.15. The number of carbonyl (C=O) groups is 1. The van der Waals surface area contributed by atoms with E-state index < -0.39 is 0 Å². The number of piperidine rings is 1. The first-order valence-corrected chi connectivity index (χ1v) is 9.94. The number of urea groups is 1. The summed E-state index contributed by atoms with van der Waals surface area (Å²) in [5.74, 6) is 0.626. The fourth-order valence-corrected chi connectivity index (χ4v) is 4.14. The minimum atomic E-state index is 0.0909.